The number of hydrogen-bond donors (Lipinski definition) is 0. The van der Waals surface area contributed by atoms with Crippen molar-refractivity contribution in [2.24, 2.45) is 5.92 Å². The molecule has 0 radical (unpaired) electrons. The van der Waals surface area contributed by atoms with Gasteiger partial charge in [-0.2, -0.15) is 0 Å². The number of carbonyl (C=O) groups excluding carboxylic acids is 1. The molecule has 0 aromatic heterocycles. The molecule has 3 nitrogen and oxygen atoms in total. The molecule has 0 N–H and O–H groups in total. The Balaban J connectivity index is 1.72. The minimum atomic E-state index is 0.390. The molecule has 2 rings (SSSR count). The van der Waals surface area contributed by atoms with Crippen molar-refractivity contribution >= 4 is 5.78 Å². The predicted octanol–water partition coefficient (Wildman–Crippen LogP) is 1.77. The molecule has 1 heterocycles. The lowest BCUT2D eigenvalue weighted by molar-refractivity contribution is -0.124. The van der Waals surface area contributed by atoms with Gasteiger partial charge in [-0.3, -0.25) is 9.69 Å². The molecule has 3 heteroatoms. The molecule has 0 atom stereocenters. The summed E-state index contributed by atoms with van der Waals surface area (Å²) in [6.45, 7) is 2.91. The Morgan fingerprint density at radius 1 is 1.12 bits per heavy atom. The molecule has 98 valence electrons. The summed E-state index contributed by atoms with van der Waals surface area (Å²) in [4.78, 5) is 16.8. The summed E-state index contributed by atoms with van der Waals surface area (Å²) in [6, 6.07) is 0.716. The normalized spacial score (nSPS) is 24.6. The van der Waals surface area contributed by atoms with Crippen LogP contribution in [0.25, 0.3) is 0 Å². The van der Waals surface area contributed by atoms with E-state index in [4.69, 9.17) is 0 Å². The SMILES string of the molecule is CN(C)C1CCN(CC(=O)C2CCCC2)CC1. The molecule has 1 aliphatic carbocycles. The van der Waals surface area contributed by atoms with Crippen LogP contribution in [0.3, 0.4) is 0 Å². The molecule has 1 saturated heterocycles. The molecule has 1 saturated carbocycles. The smallest absolute Gasteiger partial charge is 0.149 e. The van der Waals surface area contributed by atoms with Gasteiger partial charge in [0.25, 0.3) is 0 Å². The Labute approximate surface area is 105 Å². The van der Waals surface area contributed by atoms with Gasteiger partial charge in [-0.05, 0) is 39.8 Å². The van der Waals surface area contributed by atoms with Crippen molar-refractivity contribution in [1.29, 1.82) is 0 Å². The highest BCUT2D eigenvalue weighted by Gasteiger charge is 2.26. The van der Waals surface area contributed by atoms with Crippen LogP contribution in [0.4, 0.5) is 0 Å². The van der Waals surface area contributed by atoms with Gasteiger partial charge < -0.3 is 4.90 Å². The average Bonchev–Trinajstić information content (AvgIpc) is 2.83. The van der Waals surface area contributed by atoms with Crippen LogP contribution < -0.4 is 0 Å². The number of piperidine rings is 1. The predicted molar refractivity (Wildman–Crippen MR) is 70.1 cm³/mol. The van der Waals surface area contributed by atoms with Gasteiger partial charge in [-0.1, -0.05) is 12.8 Å². The van der Waals surface area contributed by atoms with E-state index in [2.05, 4.69) is 23.9 Å². The summed E-state index contributed by atoms with van der Waals surface area (Å²) in [7, 11) is 4.31. The molecular formula is C14H26N2O. The van der Waals surface area contributed by atoms with Gasteiger partial charge in [0.15, 0.2) is 0 Å². The third-order valence-electron chi connectivity index (χ3n) is 4.48. The van der Waals surface area contributed by atoms with Crippen molar-refractivity contribution in [2.75, 3.05) is 33.7 Å². The fourth-order valence-electron chi connectivity index (χ4n) is 3.19. The van der Waals surface area contributed by atoms with Crippen molar-refractivity contribution in [2.45, 2.75) is 44.6 Å². The highest BCUT2D eigenvalue weighted by Crippen LogP contribution is 2.26. The first kappa shape index (κ1) is 13.0. The zero-order chi connectivity index (χ0) is 12.3. The van der Waals surface area contributed by atoms with E-state index in [1.165, 1.54) is 25.7 Å². The van der Waals surface area contributed by atoms with Crippen LogP contribution in [0, 0.1) is 5.92 Å². The first-order valence-corrected chi connectivity index (χ1v) is 7.08. The average molecular weight is 238 g/mol. The Morgan fingerprint density at radius 2 is 1.71 bits per heavy atom. The van der Waals surface area contributed by atoms with E-state index in [0.29, 0.717) is 24.3 Å². The lowest BCUT2D eigenvalue weighted by Crippen LogP contribution is -2.44. The summed E-state index contributed by atoms with van der Waals surface area (Å²) >= 11 is 0. The van der Waals surface area contributed by atoms with Crippen molar-refractivity contribution in [3.8, 4) is 0 Å². The lowest BCUT2D eigenvalue weighted by atomic mass is 10.00. The summed E-state index contributed by atoms with van der Waals surface area (Å²) in [5, 5.41) is 0. The van der Waals surface area contributed by atoms with Gasteiger partial charge in [-0.15, -0.1) is 0 Å². The molecule has 0 unspecified atom stereocenters. The van der Waals surface area contributed by atoms with Crippen LogP contribution in [0.15, 0.2) is 0 Å². The largest absolute Gasteiger partial charge is 0.306 e. The van der Waals surface area contributed by atoms with Crippen LogP contribution in [-0.2, 0) is 4.79 Å². The number of carbonyl (C=O) groups is 1. The fraction of sp³-hybridized carbons (Fsp3) is 0.929. The van der Waals surface area contributed by atoms with E-state index in [9.17, 15) is 4.79 Å². The third-order valence-corrected chi connectivity index (χ3v) is 4.48. The summed E-state index contributed by atoms with van der Waals surface area (Å²) in [5.74, 6) is 0.896. The summed E-state index contributed by atoms with van der Waals surface area (Å²) in [6.07, 6.45) is 7.24. The number of ketones is 1. The minimum Gasteiger partial charge on any atom is -0.306 e. The Kier molecular flexibility index (Phi) is 4.57. The first-order chi connectivity index (χ1) is 8.16. The molecule has 0 aromatic rings. The second-order valence-corrected chi connectivity index (χ2v) is 5.92. The quantitative estimate of drug-likeness (QED) is 0.746. The molecule has 2 aliphatic rings. The van der Waals surface area contributed by atoms with E-state index in [-0.39, 0.29) is 0 Å². The van der Waals surface area contributed by atoms with Crippen molar-refractivity contribution in [3.05, 3.63) is 0 Å². The molecular weight excluding hydrogens is 212 g/mol. The standard InChI is InChI=1S/C14H26N2O/c1-15(2)13-7-9-16(10-8-13)11-14(17)12-5-3-4-6-12/h12-13H,3-11H2,1-2H3. The highest BCUT2D eigenvalue weighted by atomic mass is 16.1. The van der Waals surface area contributed by atoms with Crippen LogP contribution in [0.2, 0.25) is 0 Å². The van der Waals surface area contributed by atoms with Gasteiger partial charge >= 0.3 is 0 Å². The maximum absolute atomic E-state index is 12.1. The number of hydrogen-bond acceptors (Lipinski definition) is 3. The maximum Gasteiger partial charge on any atom is 0.149 e. The van der Waals surface area contributed by atoms with Crippen molar-refractivity contribution < 1.29 is 4.79 Å². The molecule has 0 spiro atoms. The van der Waals surface area contributed by atoms with E-state index < -0.39 is 0 Å². The highest BCUT2D eigenvalue weighted by molar-refractivity contribution is 5.83. The molecule has 0 aromatic carbocycles. The van der Waals surface area contributed by atoms with Crippen LogP contribution >= 0.6 is 0 Å². The van der Waals surface area contributed by atoms with E-state index in [0.717, 1.165) is 25.9 Å². The maximum atomic E-state index is 12.1. The second-order valence-electron chi connectivity index (χ2n) is 5.92. The second kappa shape index (κ2) is 5.96. The van der Waals surface area contributed by atoms with E-state index in [1.54, 1.807) is 0 Å². The number of likely N-dealkylation sites (tertiary alicyclic amines) is 1. The number of rotatable bonds is 4. The number of Topliss-reactive ketones (excluding diaryl/α,β-unsaturated/α-hetero) is 1. The van der Waals surface area contributed by atoms with Crippen LogP contribution in [0.5, 0.6) is 0 Å². The lowest BCUT2D eigenvalue weighted by Gasteiger charge is -2.35. The van der Waals surface area contributed by atoms with Gasteiger partial charge in [0.05, 0.1) is 6.54 Å². The molecule has 0 amide bonds. The summed E-state index contributed by atoms with van der Waals surface area (Å²) in [5.41, 5.74) is 0. The fourth-order valence-corrected chi connectivity index (χ4v) is 3.19. The van der Waals surface area contributed by atoms with Gasteiger partial charge in [0, 0.05) is 25.0 Å². The zero-order valence-electron chi connectivity index (χ0n) is 11.3. The zero-order valence-corrected chi connectivity index (χ0v) is 11.3. The van der Waals surface area contributed by atoms with E-state index >= 15 is 0 Å². The molecule has 17 heavy (non-hydrogen) atoms. The Bertz CT molecular complexity index is 251. The topological polar surface area (TPSA) is 23.6 Å². The summed E-state index contributed by atoms with van der Waals surface area (Å²) < 4.78 is 0. The van der Waals surface area contributed by atoms with Gasteiger partial charge in [-0.25, -0.2) is 0 Å². The minimum absolute atomic E-state index is 0.390. The van der Waals surface area contributed by atoms with E-state index in [1.807, 2.05) is 0 Å². The molecule has 1 aliphatic heterocycles. The molecule has 2 fully saturated rings. The van der Waals surface area contributed by atoms with Gasteiger partial charge in [0.1, 0.15) is 5.78 Å². The van der Waals surface area contributed by atoms with Crippen LogP contribution in [-0.4, -0.2) is 55.4 Å². The first-order valence-electron chi connectivity index (χ1n) is 7.08. The van der Waals surface area contributed by atoms with Gasteiger partial charge in [0.2, 0.25) is 0 Å². The van der Waals surface area contributed by atoms with Crippen molar-refractivity contribution in [1.82, 2.24) is 9.80 Å². The third kappa shape index (κ3) is 3.52. The van der Waals surface area contributed by atoms with Crippen LogP contribution in [0.1, 0.15) is 38.5 Å². The number of nitrogens with zero attached hydrogens (tertiary/aromatic N) is 2. The van der Waals surface area contributed by atoms with Crippen molar-refractivity contribution in [3.63, 3.8) is 0 Å². The Hall–Kier alpha value is -0.410. The monoisotopic (exact) mass is 238 g/mol. The molecule has 0 bridgehead atoms. The Morgan fingerprint density at radius 3 is 2.24 bits per heavy atom.